The normalized spacial score (nSPS) is 14.3. The molecule has 7 nitrogen and oxygen atoms in total. The van der Waals surface area contributed by atoms with Gasteiger partial charge in [-0.05, 0) is 36.6 Å². The third kappa shape index (κ3) is 4.69. The molecule has 2 aromatic carbocycles. The van der Waals surface area contributed by atoms with E-state index in [0.717, 1.165) is 0 Å². The number of rotatable bonds is 6. The highest BCUT2D eigenvalue weighted by Crippen LogP contribution is 2.20. The smallest absolute Gasteiger partial charge is 0.331 e. The van der Waals surface area contributed by atoms with Gasteiger partial charge in [-0.25, -0.2) is 9.18 Å². The fourth-order valence-electron chi connectivity index (χ4n) is 4.25. The molecule has 2 heterocycles. The van der Waals surface area contributed by atoms with E-state index in [1.54, 1.807) is 47.4 Å². The van der Waals surface area contributed by atoms with E-state index in [1.807, 2.05) is 18.7 Å². The van der Waals surface area contributed by atoms with E-state index in [1.165, 1.54) is 15.2 Å². The molecular weight excluding hydrogens is 423 g/mol. The molecule has 174 valence electrons. The van der Waals surface area contributed by atoms with E-state index in [0.29, 0.717) is 61.7 Å². The first-order valence-electron chi connectivity index (χ1n) is 11.4. The molecule has 0 bridgehead atoms. The number of nitrogens with zero attached hydrogens (tertiary/aromatic N) is 4. The molecule has 0 saturated carbocycles. The largest absolute Gasteiger partial charge is 0.366 e. The van der Waals surface area contributed by atoms with E-state index < -0.39 is 5.69 Å². The number of hydrogen-bond acceptors (Lipinski definition) is 4. The van der Waals surface area contributed by atoms with Crippen molar-refractivity contribution in [2.24, 2.45) is 5.92 Å². The maximum atomic E-state index is 14.1. The topological polar surface area (TPSA) is 67.6 Å². The second-order valence-electron chi connectivity index (χ2n) is 8.84. The van der Waals surface area contributed by atoms with Crippen LogP contribution >= 0.6 is 0 Å². The summed E-state index contributed by atoms with van der Waals surface area (Å²) in [6, 6.07) is 13.5. The van der Waals surface area contributed by atoms with Gasteiger partial charge >= 0.3 is 5.69 Å². The second kappa shape index (κ2) is 9.60. The SMILES string of the molecule is CC(C)CCn1c(=O)c2ccccc2n(CC(=O)N2CCN(c3ccccc3F)CC2)c1=O. The van der Waals surface area contributed by atoms with Gasteiger partial charge in [-0.15, -0.1) is 0 Å². The van der Waals surface area contributed by atoms with Crippen LogP contribution in [0.5, 0.6) is 0 Å². The Labute approximate surface area is 191 Å². The molecule has 3 aromatic rings. The fraction of sp³-hybridized carbons (Fsp3) is 0.400. The molecule has 0 radical (unpaired) electrons. The monoisotopic (exact) mass is 452 g/mol. The summed E-state index contributed by atoms with van der Waals surface area (Å²) >= 11 is 0. The molecule has 0 spiro atoms. The molecule has 8 heteroatoms. The molecule has 1 saturated heterocycles. The molecule has 1 aliphatic rings. The number of anilines is 1. The highest BCUT2D eigenvalue weighted by Gasteiger charge is 2.24. The quantitative estimate of drug-likeness (QED) is 0.577. The Hall–Kier alpha value is -3.42. The number of hydrogen-bond donors (Lipinski definition) is 0. The van der Waals surface area contributed by atoms with Crippen LogP contribution in [-0.4, -0.2) is 46.1 Å². The summed E-state index contributed by atoms with van der Waals surface area (Å²) in [5.74, 6) is -0.132. The van der Waals surface area contributed by atoms with Gasteiger partial charge in [0.1, 0.15) is 12.4 Å². The predicted molar refractivity (Wildman–Crippen MR) is 127 cm³/mol. The minimum Gasteiger partial charge on any atom is -0.366 e. The molecule has 33 heavy (non-hydrogen) atoms. The van der Waals surface area contributed by atoms with Crippen LogP contribution in [0.25, 0.3) is 10.9 Å². The van der Waals surface area contributed by atoms with Crippen molar-refractivity contribution in [1.29, 1.82) is 0 Å². The first-order chi connectivity index (χ1) is 15.9. The molecule has 1 amide bonds. The van der Waals surface area contributed by atoms with E-state index >= 15 is 0 Å². The molecule has 1 aliphatic heterocycles. The number of amides is 1. The number of benzene rings is 2. The summed E-state index contributed by atoms with van der Waals surface area (Å²) in [4.78, 5) is 42.9. The van der Waals surface area contributed by atoms with Gasteiger partial charge in [0.25, 0.3) is 5.56 Å². The lowest BCUT2D eigenvalue weighted by Crippen LogP contribution is -2.51. The molecule has 0 N–H and O–H groups in total. The van der Waals surface area contributed by atoms with Crippen LogP contribution in [0.15, 0.2) is 58.1 Å². The molecule has 4 rings (SSSR count). The van der Waals surface area contributed by atoms with Gasteiger partial charge in [-0.1, -0.05) is 38.1 Å². The van der Waals surface area contributed by atoms with Crippen LogP contribution in [0.1, 0.15) is 20.3 Å². The summed E-state index contributed by atoms with van der Waals surface area (Å²) in [5.41, 5.74) is 0.215. The van der Waals surface area contributed by atoms with Crippen LogP contribution in [0.3, 0.4) is 0 Å². The first-order valence-corrected chi connectivity index (χ1v) is 11.4. The summed E-state index contributed by atoms with van der Waals surface area (Å²) in [5, 5.41) is 0.429. The number of halogens is 1. The summed E-state index contributed by atoms with van der Waals surface area (Å²) < 4.78 is 16.8. The van der Waals surface area contributed by atoms with Gasteiger partial charge in [0.15, 0.2) is 0 Å². The van der Waals surface area contributed by atoms with Crippen molar-refractivity contribution in [2.45, 2.75) is 33.4 Å². The number of para-hydroxylation sites is 2. The lowest BCUT2D eigenvalue weighted by molar-refractivity contribution is -0.132. The van der Waals surface area contributed by atoms with Crippen LogP contribution < -0.4 is 16.1 Å². The molecular formula is C25H29FN4O3. The number of piperazine rings is 1. The average molecular weight is 453 g/mol. The van der Waals surface area contributed by atoms with Crippen LogP contribution in [0.2, 0.25) is 0 Å². The minimum atomic E-state index is -0.460. The van der Waals surface area contributed by atoms with Gasteiger partial charge in [0, 0.05) is 32.7 Å². The van der Waals surface area contributed by atoms with Gasteiger partial charge in [-0.3, -0.25) is 18.7 Å². The maximum Gasteiger partial charge on any atom is 0.331 e. The van der Waals surface area contributed by atoms with Crippen molar-refractivity contribution >= 4 is 22.5 Å². The van der Waals surface area contributed by atoms with Crippen molar-refractivity contribution < 1.29 is 9.18 Å². The number of aromatic nitrogens is 2. The average Bonchev–Trinajstić information content (AvgIpc) is 2.82. The zero-order chi connectivity index (χ0) is 23.5. The van der Waals surface area contributed by atoms with Gasteiger partial charge in [0.2, 0.25) is 5.91 Å². The van der Waals surface area contributed by atoms with E-state index in [4.69, 9.17) is 0 Å². The standard InChI is InChI=1S/C25H29FN4O3/c1-18(2)11-12-29-24(32)19-7-3-5-9-21(19)30(25(29)33)17-23(31)28-15-13-27(14-16-28)22-10-6-4-8-20(22)26/h3-10,18H,11-17H2,1-2H3. The molecule has 0 aliphatic carbocycles. The van der Waals surface area contributed by atoms with Crippen molar-refractivity contribution in [3.8, 4) is 0 Å². The van der Waals surface area contributed by atoms with Crippen LogP contribution in [0, 0.1) is 11.7 Å². The Morgan fingerprint density at radius 3 is 2.30 bits per heavy atom. The lowest BCUT2D eigenvalue weighted by atomic mass is 10.1. The Morgan fingerprint density at radius 1 is 0.939 bits per heavy atom. The van der Waals surface area contributed by atoms with Crippen LogP contribution in [-0.2, 0) is 17.9 Å². The third-order valence-electron chi connectivity index (χ3n) is 6.18. The van der Waals surface area contributed by atoms with Crippen molar-refractivity contribution in [3.63, 3.8) is 0 Å². The second-order valence-corrected chi connectivity index (χ2v) is 8.84. The zero-order valence-electron chi connectivity index (χ0n) is 19.0. The van der Waals surface area contributed by atoms with E-state index in [-0.39, 0.29) is 23.8 Å². The number of carbonyl (C=O) groups is 1. The van der Waals surface area contributed by atoms with Crippen LogP contribution in [0.4, 0.5) is 10.1 Å². The third-order valence-corrected chi connectivity index (χ3v) is 6.18. The summed E-state index contributed by atoms with van der Waals surface area (Å²) in [6.45, 7) is 6.15. The van der Waals surface area contributed by atoms with Crippen molar-refractivity contribution in [1.82, 2.24) is 14.0 Å². The van der Waals surface area contributed by atoms with Gasteiger partial charge in [-0.2, -0.15) is 0 Å². The van der Waals surface area contributed by atoms with Gasteiger partial charge < -0.3 is 9.80 Å². The Kier molecular flexibility index (Phi) is 6.62. The molecule has 1 aromatic heterocycles. The Bertz CT molecular complexity index is 1270. The maximum absolute atomic E-state index is 14.1. The minimum absolute atomic E-state index is 0.138. The highest BCUT2D eigenvalue weighted by molar-refractivity contribution is 5.81. The first kappa shape index (κ1) is 22.8. The lowest BCUT2D eigenvalue weighted by Gasteiger charge is -2.36. The number of fused-ring (bicyclic) bond motifs is 1. The van der Waals surface area contributed by atoms with Gasteiger partial charge in [0.05, 0.1) is 16.6 Å². The summed E-state index contributed by atoms with van der Waals surface area (Å²) in [7, 11) is 0. The molecule has 0 unspecified atom stereocenters. The molecule has 1 fully saturated rings. The van der Waals surface area contributed by atoms with E-state index in [2.05, 4.69) is 0 Å². The Balaban J connectivity index is 1.56. The van der Waals surface area contributed by atoms with Crippen molar-refractivity contribution in [3.05, 3.63) is 75.2 Å². The van der Waals surface area contributed by atoms with Crippen molar-refractivity contribution in [2.75, 3.05) is 31.1 Å². The predicted octanol–water partition coefficient (Wildman–Crippen LogP) is 2.70. The molecule has 0 atom stereocenters. The highest BCUT2D eigenvalue weighted by atomic mass is 19.1. The Morgan fingerprint density at radius 2 is 1.61 bits per heavy atom. The van der Waals surface area contributed by atoms with E-state index in [9.17, 15) is 18.8 Å². The summed E-state index contributed by atoms with van der Waals surface area (Å²) in [6.07, 6.45) is 0.694. The fourth-order valence-corrected chi connectivity index (χ4v) is 4.25. The number of carbonyl (C=O) groups excluding carboxylic acids is 1. The zero-order valence-corrected chi connectivity index (χ0v) is 19.0.